The highest BCUT2D eigenvalue weighted by molar-refractivity contribution is 5.75. The zero-order chi connectivity index (χ0) is 19.7. The van der Waals surface area contributed by atoms with Crippen molar-refractivity contribution in [1.82, 2.24) is 4.98 Å². The molecule has 1 saturated heterocycles. The number of para-hydroxylation sites is 1. The van der Waals surface area contributed by atoms with E-state index in [1.807, 2.05) is 36.9 Å². The third kappa shape index (κ3) is 3.33. The Morgan fingerprint density at radius 3 is 2.64 bits per heavy atom. The topological polar surface area (TPSA) is 84.9 Å². The SMILES string of the molecule is CCOc1cccc(N2CCN(c3nc4cc(C)ccc4o3)CC2)c1[N+](=O)[O-]. The molecule has 0 N–H and O–H groups in total. The molecule has 4 rings (SSSR count). The molecular formula is C20H22N4O4. The molecule has 1 aromatic heterocycles. The number of fused-ring (bicyclic) bond motifs is 1. The molecule has 146 valence electrons. The van der Waals surface area contributed by atoms with Gasteiger partial charge in [-0.1, -0.05) is 12.1 Å². The number of hydrogen-bond acceptors (Lipinski definition) is 7. The predicted molar refractivity (Wildman–Crippen MR) is 107 cm³/mol. The summed E-state index contributed by atoms with van der Waals surface area (Å²) in [5, 5.41) is 11.6. The number of rotatable bonds is 5. The number of aryl methyl sites for hydroxylation is 1. The fraction of sp³-hybridized carbons (Fsp3) is 0.350. The van der Waals surface area contributed by atoms with E-state index in [9.17, 15) is 10.1 Å². The van der Waals surface area contributed by atoms with Gasteiger partial charge in [-0.25, -0.2) is 0 Å². The molecule has 3 aromatic rings. The molecule has 0 aliphatic carbocycles. The minimum absolute atomic E-state index is 0.0233. The first kappa shape index (κ1) is 18.1. The number of nitrogens with zero attached hydrogens (tertiary/aromatic N) is 4. The van der Waals surface area contributed by atoms with Crippen molar-refractivity contribution in [2.24, 2.45) is 0 Å². The smallest absolute Gasteiger partial charge is 0.333 e. The average Bonchev–Trinajstić information content (AvgIpc) is 3.11. The maximum absolute atomic E-state index is 11.6. The lowest BCUT2D eigenvalue weighted by Crippen LogP contribution is -2.46. The number of oxazole rings is 1. The van der Waals surface area contributed by atoms with Gasteiger partial charge in [-0.15, -0.1) is 0 Å². The molecule has 1 aliphatic rings. The van der Waals surface area contributed by atoms with E-state index in [0.29, 0.717) is 50.2 Å². The maximum Gasteiger partial charge on any atom is 0.333 e. The Kier molecular flexibility index (Phi) is 4.77. The number of hydrogen-bond donors (Lipinski definition) is 0. The van der Waals surface area contributed by atoms with Crippen LogP contribution in [0.4, 0.5) is 17.4 Å². The number of benzene rings is 2. The summed E-state index contributed by atoms with van der Waals surface area (Å²) in [5.41, 5.74) is 3.36. The van der Waals surface area contributed by atoms with Crippen LogP contribution in [0.25, 0.3) is 11.1 Å². The van der Waals surface area contributed by atoms with Crippen LogP contribution in [0.1, 0.15) is 12.5 Å². The standard InChI is InChI=1S/C20H22N4O4/c1-3-27-18-6-4-5-16(19(18)24(25)26)22-9-11-23(12-10-22)20-21-15-13-14(2)7-8-17(15)28-20/h4-8,13H,3,9-12H2,1-2H3. The zero-order valence-electron chi connectivity index (χ0n) is 15.9. The van der Waals surface area contributed by atoms with Crippen LogP contribution in [0.2, 0.25) is 0 Å². The lowest BCUT2D eigenvalue weighted by atomic mass is 10.2. The third-order valence-electron chi connectivity index (χ3n) is 4.88. The zero-order valence-corrected chi connectivity index (χ0v) is 15.9. The van der Waals surface area contributed by atoms with E-state index < -0.39 is 0 Å². The van der Waals surface area contributed by atoms with Gasteiger partial charge in [-0.2, -0.15) is 4.98 Å². The minimum atomic E-state index is -0.365. The van der Waals surface area contributed by atoms with Crippen LogP contribution in [0.3, 0.4) is 0 Å². The van der Waals surface area contributed by atoms with Crippen molar-refractivity contribution in [3.05, 3.63) is 52.1 Å². The Morgan fingerprint density at radius 1 is 1.18 bits per heavy atom. The number of anilines is 2. The fourth-order valence-electron chi connectivity index (χ4n) is 3.52. The van der Waals surface area contributed by atoms with Gasteiger partial charge in [0.15, 0.2) is 11.3 Å². The van der Waals surface area contributed by atoms with Crippen molar-refractivity contribution in [3.63, 3.8) is 0 Å². The van der Waals surface area contributed by atoms with Crippen LogP contribution in [-0.2, 0) is 0 Å². The van der Waals surface area contributed by atoms with E-state index in [1.54, 1.807) is 18.2 Å². The van der Waals surface area contributed by atoms with Crippen molar-refractivity contribution < 1.29 is 14.1 Å². The second-order valence-corrected chi connectivity index (χ2v) is 6.76. The summed E-state index contributed by atoms with van der Waals surface area (Å²) in [6.45, 7) is 6.83. The fourth-order valence-corrected chi connectivity index (χ4v) is 3.52. The van der Waals surface area contributed by atoms with Crippen molar-refractivity contribution in [3.8, 4) is 5.75 Å². The molecule has 1 aliphatic heterocycles. The number of nitro groups is 1. The van der Waals surface area contributed by atoms with Crippen LogP contribution in [-0.4, -0.2) is 42.7 Å². The number of piperazine rings is 1. The first-order valence-electron chi connectivity index (χ1n) is 9.34. The molecule has 0 amide bonds. The summed E-state index contributed by atoms with van der Waals surface area (Å²) >= 11 is 0. The van der Waals surface area contributed by atoms with Crippen LogP contribution < -0.4 is 14.5 Å². The van der Waals surface area contributed by atoms with E-state index in [4.69, 9.17) is 9.15 Å². The molecule has 0 saturated carbocycles. The molecule has 1 fully saturated rings. The molecule has 8 heteroatoms. The van der Waals surface area contributed by atoms with E-state index in [2.05, 4.69) is 9.88 Å². The van der Waals surface area contributed by atoms with Gasteiger partial charge in [0.2, 0.25) is 0 Å². The monoisotopic (exact) mass is 382 g/mol. The highest BCUT2D eigenvalue weighted by atomic mass is 16.6. The first-order valence-corrected chi connectivity index (χ1v) is 9.34. The van der Waals surface area contributed by atoms with E-state index in [0.717, 1.165) is 16.7 Å². The summed E-state index contributed by atoms with van der Waals surface area (Å²) in [6, 6.07) is 11.7. The highest BCUT2D eigenvalue weighted by Crippen LogP contribution is 2.37. The highest BCUT2D eigenvalue weighted by Gasteiger charge is 2.28. The molecule has 2 aromatic carbocycles. The summed E-state index contributed by atoms with van der Waals surface area (Å²) in [6.07, 6.45) is 0. The molecule has 0 radical (unpaired) electrons. The summed E-state index contributed by atoms with van der Waals surface area (Å²) < 4.78 is 11.3. The molecule has 0 unspecified atom stereocenters. The van der Waals surface area contributed by atoms with E-state index >= 15 is 0 Å². The number of aromatic nitrogens is 1. The van der Waals surface area contributed by atoms with E-state index in [1.165, 1.54) is 0 Å². The molecular weight excluding hydrogens is 360 g/mol. The van der Waals surface area contributed by atoms with Crippen LogP contribution in [0.5, 0.6) is 5.75 Å². The Morgan fingerprint density at radius 2 is 1.93 bits per heavy atom. The van der Waals surface area contributed by atoms with Crippen LogP contribution in [0.15, 0.2) is 40.8 Å². The van der Waals surface area contributed by atoms with Gasteiger partial charge in [0.1, 0.15) is 11.2 Å². The number of nitro benzene ring substituents is 1. The Labute approximate surface area is 162 Å². The molecule has 0 bridgehead atoms. The molecule has 0 atom stereocenters. The van der Waals surface area contributed by atoms with Crippen molar-refractivity contribution >= 4 is 28.5 Å². The Bertz CT molecular complexity index is 1010. The summed E-state index contributed by atoms with van der Waals surface area (Å²) in [5.74, 6) is 0.307. The lowest BCUT2D eigenvalue weighted by molar-refractivity contribution is -0.385. The lowest BCUT2D eigenvalue weighted by Gasteiger charge is -2.35. The summed E-state index contributed by atoms with van der Waals surface area (Å²) in [7, 11) is 0. The minimum Gasteiger partial charge on any atom is -0.487 e. The molecule has 0 spiro atoms. The number of ether oxygens (including phenoxy) is 1. The Balaban J connectivity index is 1.54. The van der Waals surface area contributed by atoms with Crippen molar-refractivity contribution in [2.75, 3.05) is 42.6 Å². The largest absolute Gasteiger partial charge is 0.487 e. The van der Waals surface area contributed by atoms with Crippen molar-refractivity contribution in [1.29, 1.82) is 0 Å². The normalized spacial score (nSPS) is 14.5. The van der Waals surface area contributed by atoms with Gasteiger partial charge >= 0.3 is 5.69 Å². The van der Waals surface area contributed by atoms with Crippen LogP contribution >= 0.6 is 0 Å². The third-order valence-corrected chi connectivity index (χ3v) is 4.88. The van der Waals surface area contributed by atoms with Gasteiger partial charge in [0.05, 0.1) is 11.5 Å². The van der Waals surface area contributed by atoms with Gasteiger partial charge in [0.25, 0.3) is 6.01 Å². The summed E-state index contributed by atoms with van der Waals surface area (Å²) in [4.78, 5) is 20.0. The second kappa shape index (κ2) is 7.38. The average molecular weight is 382 g/mol. The first-order chi connectivity index (χ1) is 13.6. The molecule has 28 heavy (non-hydrogen) atoms. The maximum atomic E-state index is 11.6. The van der Waals surface area contributed by atoms with Crippen molar-refractivity contribution in [2.45, 2.75) is 13.8 Å². The Hall–Kier alpha value is -3.29. The molecule has 2 heterocycles. The van der Waals surface area contributed by atoms with Gasteiger partial charge in [0, 0.05) is 26.2 Å². The van der Waals surface area contributed by atoms with Gasteiger partial charge < -0.3 is 19.0 Å². The predicted octanol–water partition coefficient (Wildman–Crippen LogP) is 3.77. The van der Waals surface area contributed by atoms with Gasteiger partial charge in [-0.05, 0) is 43.7 Å². The van der Waals surface area contributed by atoms with E-state index in [-0.39, 0.29) is 10.6 Å². The van der Waals surface area contributed by atoms with Crippen LogP contribution in [0, 0.1) is 17.0 Å². The van der Waals surface area contributed by atoms with Gasteiger partial charge in [-0.3, -0.25) is 10.1 Å². The second-order valence-electron chi connectivity index (χ2n) is 6.76. The quantitative estimate of drug-likeness (QED) is 0.490. The molecule has 8 nitrogen and oxygen atoms in total.